The normalized spacial score (nSPS) is 10.9. The van der Waals surface area contributed by atoms with Gasteiger partial charge in [-0.25, -0.2) is 14.6 Å². The van der Waals surface area contributed by atoms with Gasteiger partial charge < -0.3 is 4.98 Å². The molecular weight excluding hydrogens is 180 g/mol. The van der Waals surface area contributed by atoms with Crippen molar-refractivity contribution in [3.63, 3.8) is 0 Å². The number of H-pyrrole nitrogens is 1. The van der Waals surface area contributed by atoms with Crippen molar-refractivity contribution in [3.05, 3.63) is 31.0 Å². The van der Waals surface area contributed by atoms with Crippen LogP contribution in [0, 0.1) is 0 Å². The van der Waals surface area contributed by atoms with Gasteiger partial charge in [0.2, 0.25) is 0 Å². The molecule has 1 N–H and O–H groups in total. The quantitative estimate of drug-likeness (QED) is 0.602. The van der Waals surface area contributed by atoms with Gasteiger partial charge in [0, 0.05) is 12.4 Å². The molecule has 0 amide bonds. The van der Waals surface area contributed by atoms with E-state index < -0.39 is 0 Å². The van der Waals surface area contributed by atoms with E-state index in [1.165, 1.54) is 0 Å². The van der Waals surface area contributed by atoms with Crippen molar-refractivity contribution < 1.29 is 0 Å². The van der Waals surface area contributed by atoms with Gasteiger partial charge in [0.25, 0.3) is 5.95 Å². The fraction of sp³-hybridized carbons (Fsp3) is 0. The predicted octanol–water partition coefficient (Wildman–Crippen LogP) is 0.539. The van der Waals surface area contributed by atoms with Crippen molar-refractivity contribution in [2.45, 2.75) is 0 Å². The third-order valence-electron chi connectivity index (χ3n) is 1.87. The van der Waals surface area contributed by atoms with Crippen molar-refractivity contribution in [1.29, 1.82) is 0 Å². The summed E-state index contributed by atoms with van der Waals surface area (Å²) in [5.74, 6) is 0.534. The second-order valence-electron chi connectivity index (χ2n) is 2.76. The van der Waals surface area contributed by atoms with Gasteiger partial charge in [-0.05, 0) is 6.07 Å². The van der Waals surface area contributed by atoms with Crippen molar-refractivity contribution in [3.8, 4) is 5.95 Å². The maximum Gasteiger partial charge on any atom is 0.252 e. The molecule has 6 nitrogen and oxygen atoms in total. The first-order valence-electron chi connectivity index (χ1n) is 4.09. The van der Waals surface area contributed by atoms with E-state index in [1.54, 1.807) is 29.6 Å². The van der Waals surface area contributed by atoms with E-state index in [9.17, 15) is 0 Å². The van der Waals surface area contributed by atoms with Gasteiger partial charge in [-0.1, -0.05) is 0 Å². The Kier molecular flexibility index (Phi) is 1.35. The molecule has 3 aromatic rings. The van der Waals surface area contributed by atoms with E-state index in [-0.39, 0.29) is 0 Å². The predicted molar refractivity (Wildman–Crippen MR) is 48.8 cm³/mol. The first-order valence-corrected chi connectivity index (χ1v) is 4.09. The summed E-state index contributed by atoms with van der Waals surface area (Å²) in [7, 11) is 0. The first kappa shape index (κ1) is 7.19. The summed E-state index contributed by atoms with van der Waals surface area (Å²) in [5, 5.41) is 4.04. The molecule has 0 aliphatic heterocycles. The van der Waals surface area contributed by atoms with Crippen LogP contribution in [0.4, 0.5) is 0 Å². The minimum Gasteiger partial charge on any atom is -0.329 e. The minimum atomic E-state index is 0.534. The van der Waals surface area contributed by atoms with Crippen LogP contribution in [0.5, 0.6) is 0 Å². The van der Waals surface area contributed by atoms with E-state index in [1.807, 2.05) is 6.07 Å². The van der Waals surface area contributed by atoms with Crippen LogP contribution in [0.25, 0.3) is 17.1 Å². The van der Waals surface area contributed by atoms with Crippen LogP contribution >= 0.6 is 0 Å². The zero-order chi connectivity index (χ0) is 9.38. The van der Waals surface area contributed by atoms with Crippen LogP contribution in [0.3, 0.4) is 0 Å². The molecule has 0 radical (unpaired) electrons. The van der Waals surface area contributed by atoms with E-state index in [0.717, 1.165) is 5.52 Å². The van der Waals surface area contributed by atoms with E-state index in [0.29, 0.717) is 11.6 Å². The average Bonchev–Trinajstić information content (AvgIpc) is 2.88. The minimum absolute atomic E-state index is 0.534. The van der Waals surface area contributed by atoms with Gasteiger partial charge in [-0.15, -0.1) is 0 Å². The molecule has 0 saturated heterocycles. The second kappa shape index (κ2) is 2.63. The number of hydrogen-bond donors (Lipinski definition) is 1. The lowest BCUT2D eigenvalue weighted by Gasteiger charge is -1.96. The topological polar surface area (TPSA) is 72.3 Å². The fourth-order valence-corrected chi connectivity index (χ4v) is 1.23. The molecule has 0 unspecified atom stereocenters. The Morgan fingerprint density at radius 3 is 3.14 bits per heavy atom. The Morgan fingerprint density at radius 2 is 2.29 bits per heavy atom. The molecule has 0 saturated carbocycles. The lowest BCUT2D eigenvalue weighted by Crippen LogP contribution is -2.00. The maximum absolute atomic E-state index is 4.25. The molecule has 14 heavy (non-hydrogen) atoms. The number of nitrogens with zero attached hydrogens (tertiary/aromatic N) is 5. The van der Waals surface area contributed by atoms with Gasteiger partial charge >= 0.3 is 0 Å². The molecular formula is C8H6N6. The summed E-state index contributed by atoms with van der Waals surface area (Å²) >= 11 is 0. The van der Waals surface area contributed by atoms with Crippen molar-refractivity contribution in [2.24, 2.45) is 0 Å². The number of fused-ring (bicyclic) bond motifs is 1. The molecule has 3 aromatic heterocycles. The van der Waals surface area contributed by atoms with Crippen LogP contribution in [-0.2, 0) is 0 Å². The summed E-state index contributed by atoms with van der Waals surface area (Å²) in [4.78, 5) is 15.3. The number of rotatable bonds is 1. The molecule has 0 fully saturated rings. The molecule has 0 spiro atoms. The van der Waals surface area contributed by atoms with E-state index in [4.69, 9.17) is 0 Å². The molecule has 68 valence electrons. The summed E-state index contributed by atoms with van der Waals surface area (Å²) in [6, 6.07) is 1.82. The monoisotopic (exact) mass is 186 g/mol. The summed E-state index contributed by atoms with van der Waals surface area (Å²) < 4.78 is 1.60. The molecule has 0 bridgehead atoms. The summed E-state index contributed by atoms with van der Waals surface area (Å²) in [5.41, 5.74) is 1.46. The van der Waals surface area contributed by atoms with Crippen molar-refractivity contribution in [2.75, 3.05) is 0 Å². The zero-order valence-electron chi connectivity index (χ0n) is 7.12. The van der Waals surface area contributed by atoms with Gasteiger partial charge in [-0.3, -0.25) is 0 Å². The van der Waals surface area contributed by atoms with E-state index in [2.05, 4.69) is 25.0 Å². The molecule has 6 heteroatoms. The highest BCUT2D eigenvalue weighted by molar-refractivity contribution is 5.68. The third-order valence-corrected chi connectivity index (χ3v) is 1.87. The second-order valence-corrected chi connectivity index (χ2v) is 2.76. The summed E-state index contributed by atoms with van der Waals surface area (Å²) in [6.45, 7) is 0. The third kappa shape index (κ3) is 0.972. The van der Waals surface area contributed by atoms with Crippen LogP contribution in [0.15, 0.2) is 31.0 Å². The van der Waals surface area contributed by atoms with Crippen LogP contribution in [0.2, 0.25) is 0 Å². The van der Waals surface area contributed by atoms with Crippen LogP contribution in [0.1, 0.15) is 0 Å². The summed E-state index contributed by atoms with van der Waals surface area (Å²) in [6.07, 6.45) is 6.72. The molecule has 0 aromatic carbocycles. The maximum atomic E-state index is 4.25. The van der Waals surface area contributed by atoms with Gasteiger partial charge in [0.05, 0.1) is 12.5 Å². The molecule has 0 aliphatic carbocycles. The van der Waals surface area contributed by atoms with Crippen molar-refractivity contribution >= 4 is 11.2 Å². The Bertz CT molecular complexity index is 552. The van der Waals surface area contributed by atoms with Gasteiger partial charge in [-0.2, -0.15) is 10.1 Å². The fourth-order valence-electron chi connectivity index (χ4n) is 1.23. The lowest BCUT2D eigenvalue weighted by molar-refractivity contribution is 0.814. The highest BCUT2D eigenvalue weighted by atomic mass is 15.3. The molecule has 3 rings (SSSR count). The molecule has 3 heterocycles. The number of hydrogen-bond acceptors (Lipinski definition) is 4. The van der Waals surface area contributed by atoms with Crippen LogP contribution < -0.4 is 0 Å². The highest BCUT2D eigenvalue weighted by Crippen LogP contribution is 2.06. The Hall–Kier alpha value is -2.24. The zero-order valence-corrected chi connectivity index (χ0v) is 7.12. The van der Waals surface area contributed by atoms with Gasteiger partial charge in [0.1, 0.15) is 5.52 Å². The number of aromatic amines is 1. The number of nitrogens with one attached hydrogen (secondary N) is 1. The SMILES string of the molecule is c1cnn(-c2ncc3nc[nH]c3n2)c1. The Morgan fingerprint density at radius 1 is 1.29 bits per heavy atom. The van der Waals surface area contributed by atoms with E-state index >= 15 is 0 Å². The lowest BCUT2D eigenvalue weighted by atomic mass is 10.6. The molecule has 0 aliphatic rings. The van der Waals surface area contributed by atoms with Gasteiger partial charge in [0.15, 0.2) is 5.65 Å². The van der Waals surface area contributed by atoms with Crippen molar-refractivity contribution in [1.82, 2.24) is 29.7 Å². The first-order chi connectivity index (χ1) is 6.93. The smallest absolute Gasteiger partial charge is 0.252 e. The largest absolute Gasteiger partial charge is 0.329 e. The Balaban J connectivity index is 2.23. The van der Waals surface area contributed by atoms with Crippen LogP contribution in [-0.4, -0.2) is 29.7 Å². The molecule has 0 atom stereocenters. The number of aromatic nitrogens is 6. The average molecular weight is 186 g/mol. The highest BCUT2D eigenvalue weighted by Gasteiger charge is 2.02. The Labute approximate surface area is 78.6 Å². The standard InChI is InChI=1S/C8H6N6/c1-2-12-14(3-1)8-9-4-6-7(13-8)11-5-10-6/h1-5H,(H,9,10,11,13). The number of imidazole rings is 1.